The molecule has 2 heterocycles. The summed E-state index contributed by atoms with van der Waals surface area (Å²) in [4.78, 5) is 58.4. The summed E-state index contributed by atoms with van der Waals surface area (Å²) in [5, 5.41) is 0. The molecule has 2 aromatic carbocycles. The lowest BCUT2D eigenvalue weighted by molar-refractivity contribution is 0.0425. The zero-order valence-corrected chi connectivity index (χ0v) is 12.1. The molecule has 0 radical (unpaired) electrons. The van der Waals surface area contributed by atoms with Crippen LogP contribution in [0.1, 0.15) is 57.4 Å². The summed E-state index contributed by atoms with van der Waals surface area (Å²) >= 11 is 0. The van der Waals surface area contributed by atoms with E-state index < -0.39 is 41.0 Å². The largest absolute Gasteiger partial charge is 0.386 e. The van der Waals surface area contributed by atoms with E-state index in [1.54, 1.807) is 0 Å². The van der Waals surface area contributed by atoms with Crippen LogP contribution in [0.5, 0.6) is 0 Å². The van der Waals surface area contributed by atoms with Crippen molar-refractivity contribution in [3.8, 4) is 0 Å². The molecule has 7 nitrogen and oxygen atoms in total. The molecule has 0 unspecified atom stereocenters. The van der Waals surface area contributed by atoms with E-state index >= 15 is 0 Å². The van der Waals surface area contributed by atoms with Crippen molar-refractivity contribution in [1.29, 1.82) is 0 Å². The van der Waals surface area contributed by atoms with Gasteiger partial charge in [-0.2, -0.15) is 0 Å². The van der Waals surface area contributed by atoms with Crippen LogP contribution in [0.15, 0.2) is 30.3 Å². The van der Waals surface area contributed by atoms with Gasteiger partial charge in [-0.05, 0) is 24.3 Å². The highest BCUT2D eigenvalue weighted by molar-refractivity contribution is 6.19. The molecular formula is C17H5FO7. The molecule has 122 valence electrons. The Hall–Kier alpha value is -3.68. The van der Waals surface area contributed by atoms with Crippen LogP contribution in [0.4, 0.5) is 4.39 Å². The second-order valence-electron chi connectivity index (χ2n) is 5.32. The maximum Gasteiger partial charge on any atom is 0.349 e. The number of halogens is 1. The molecule has 2 aliphatic rings. The van der Waals surface area contributed by atoms with Crippen molar-refractivity contribution >= 4 is 29.7 Å². The molecule has 2 aliphatic heterocycles. The van der Waals surface area contributed by atoms with E-state index in [2.05, 4.69) is 9.47 Å². The van der Waals surface area contributed by atoms with E-state index in [0.29, 0.717) is 0 Å². The van der Waals surface area contributed by atoms with Crippen LogP contribution in [-0.4, -0.2) is 29.7 Å². The van der Waals surface area contributed by atoms with Gasteiger partial charge in [0, 0.05) is 11.1 Å². The Kier molecular flexibility index (Phi) is 2.92. The van der Waals surface area contributed by atoms with E-state index in [9.17, 15) is 28.4 Å². The van der Waals surface area contributed by atoms with Crippen LogP contribution in [0.2, 0.25) is 0 Å². The van der Waals surface area contributed by atoms with Crippen LogP contribution in [0.25, 0.3) is 0 Å². The fraction of sp³-hybridized carbons (Fsp3) is 0. The molecule has 0 saturated carbocycles. The highest BCUT2D eigenvalue weighted by Crippen LogP contribution is 2.27. The van der Waals surface area contributed by atoms with Crippen molar-refractivity contribution in [2.24, 2.45) is 0 Å². The number of carbonyl (C=O) groups is 5. The van der Waals surface area contributed by atoms with Crippen molar-refractivity contribution in [2.75, 3.05) is 0 Å². The first-order valence-electron chi connectivity index (χ1n) is 6.92. The topological polar surface area (TPSA) is 104 Å². The first-order chi connectivity index (χ1) is 11.9. The first-order valence-corrected chi connectivity index (χ1v) is 6.92. The fourth-order valence-corrected chi connectivity index (χ4v) is 2.69. The van der Waals surface area contributed by atoms with Crippen LogP contribution in [0.3, 0.4) is 0 Å². The number of ketones is 1. The highest BCUT2D eigenvalue weighted by atomic mass is 19.1. The number of hydrogen-bond acceptors (Lipinski definition) is 7. The van der Waals surface area contributed by atoms with Crippen LogP contribution < -0.4 is 0 Å². The number of rotatable bonds is 2. The van der Waals surface area contributed by atoms with Crippen molar-refractivity contribution in [3.05, 3.63) is 69.5 Å². The van der Waals surface area contributed by atoms with Crippen LogP contribution in [-0.2, 0) is 9.47 Å². The molecule has 0 aliphatic carbocycles. The normalized spacial score (nSPS) is 14.9. The second-order valence-corrected chi connectivity index (χ2v) is 5.32. The molecule has 2 aromatic rings. The highest BCUT2D eigenvalue weighted by Gasteiger charge is 2.35. The van der Waals surface area contributed by atoms with Gasteiger partial charge in [0.25, 0.3) is 0 Å². The quantitative estimate of drug-likeness (QED) is 0.465. The number of carbonyl (C=O) groups excluding carboxylic acids is 5. The summed E-state index contributed by atoms with van der Waals surface area (Å²) in [5.41, 5.74) is -1.14. The Morgan fingerprint density at radius 1 is 0.720 bits per heavy atom. The standard InChI is InChI=1S/C17H5FO7/c18-11-5-7(4-10-12(11)17(23)25-16(10)22)13(19)6-1-2-8-9(3-6)15(21)24-14(8)20/h1-5H. The van der Waals surface area contributed by atoms with E-state index in [4.69, 9.17) is 0 Å². The third kappa shape index (κ3) is 2.08. The predicted octanol–water partition coefficient (Wildman–Crippen LogP) is 1.68. The molecule has 8 heteroatoms. The van der Waals surface area contributed by atoms with E-state index in [-0.39, 0.29) is 27.8 Å². The Morgan fingerprint density at radius 2 is 1.32 bits per heavy atom. The first kappa shape index (κ1) is 14.9. The maximum atomic E-state index is 14.1. The van der Waals surface area contributed by atoms with E-state index in [0.717, 1.165) is 18.2 Å². The van der Waals surface area contributed by atoms with E-state index in [1.807, 2.05) is 0 Å². The lowest BCUT2D eigenvalue weighted by Gasteiger charge is -2.04. The molecule has 0 fully saturated rings. The Labute approximate surface area is 138 Å². The van der Waals surface area contributed by atoms with Gasteiger partial charge < -0.3 is 9.47 Å². The summed E-state index contributed by atoms with van der Waals surface area (Å²) in [6, 6.07) is 5.52. The number of fused-ring (bicyclic) bond motifs is 2. The zero-order valence-electron chi connectivity index (χ0n) is 12.1. The molecule has 4 rings (SSSR count). The number of cyclic esters (lactones) is 4. The average Bonchev–Trinajstić information content (AvgIpc) is 3.03. The van der Waals surface area contributed by atoms with Gasteiger partial charge in [0.05, 0.1) is 16.7 Å². The van der Waals surface area contributed by atoms with Crippen LogP contribution in [0, 0.1) is 5.82 Å². The van der Waals surface area contributed by atoms with Crippen LogP contribution >= 0.6 is 0 Å². The number of esters is 4. The molecular weight excluding hydrogens is 335 g/mol. The molecule has 25 heavy (non-hydrogen) atoms. The monoisotopic (exact) mass is 340 g/mol. The molecule has 0 N–H and O–H groups in total. The van der Waals surface area contributed by atoms with E-state index in [1.165, 1.54) is 12.1 Å². The van der Waals surface area contributed by atoms with Gasteiger partial charge in [-0.1, -0.05) is 6.07 Å². The Morgan fingerprint density at radius 3 is 2.08 bits per heavy atom. The van der Waals surface area contributed by atoms with Gasteiger partial charge in [-0.3, -0.25) is 4.79 Å². The van der Waals surface area contributed by atoms with Gasteiger partial charge in [0.15, 0.2) is 5.78 Å². The van der Waals surface area contributed by atoms with Crippen molar-refractivity contribution in [1.82, 2.24) is 0 Å². The maximum absolute atomic E-state index is 14.1. The fourth-order valence-electron chi connectivity index (χ4n) is 2.69. The minimum Gasteiger partial charge on any atom is -0.386 e. The molecule has 0 amide bonds. The Balaban J connectivity index is 1.80. The van der Waals surface area contributed by atoms with Crippen molar-refractivity contribution in [2.45, 2.75) is 0 Å². The summed E-state index contributed by atoms with van der Waals surface area (Å²) in [6.07, 6.45) is 0. The summed E-state index contributed by atoms with van der Waals surface area (Å²) in [5.74, 6) is -5.63. The minimum absolute atomic E-state index is 0.0116. The summed E-state index contributed by atoms with van der Waals surface area (Å²) in [6.45, 7) is 0. The smallest absolute Gasteiger partial charge is 0.349 e. The number of ether oxygens (including phenoxy) is 2. The zero-order chi connectivity index (χ0) is 17.9. The SMILES string of the molecule is O=C(c1ccc2c(c1)C(=O)OC2=O)c1cc(F)c2c(c1)C(=O)OC2=O. The molecule has 0 aromatic heterocycles. The molecule has 0 spiro atoms. The third-order valence-electron chi connectivity index (χ3n) is 3.87. The molecule has 0 saturated heterocycles. The minimum atomic E-state index is -1.12. The summed E-state index contributed by atoms with van der Waals surface area (Å²) < 4.78 is 22.8. The van der Waals surface area contributed by atoms with Crippen molar-refractivity contribution in [3.63, 3.8) is 0 Å². The molecule has 0 atom stereocenters. The van der Waals surface area contributed by atoms with Gasteiger partial charge in [0.1, 0.15) is 11.4 Å². The van der Waals surface area contributed by atoms with Gasteiger partial charge >= 0.3 is 23.9 Å². The van der Waals surface area contributed by atoms with Gasteiger partial charge in [0.2, 0.25) is 0 Å². The predicted molar refractivity (Wildman–Crippen MR) is 75.8 cm³/mol. The third-order valence-corrected chi connectivity index (χ3v) is 3.87. The lowest BCUT2D eigenvalue weighted by Crippen LogP contribution is -2.07. The number of benzene rings is 2. The second kappa shape index (κ2) is 4.91. The van der Waals surface area contributed by atoms with Gasteiger partial charge in [-0.15, -0.1) is 0 Å². The van der Waals surface area contributed by atoms with Gasteiger partial charge in [-0.25, -0.2) is 23.6 Å². The number of hydrogen-bond donors (Lipinski definition) is 0. The van der Waals surface area contributed by atoms with Crippen molar-refractivity contribution < 1.29 is 37.8 Å². The average molecular weight is 340 g/mol. The summed E-state index contributed by atoms with van der Waals surface area (Å²) in [7, 11) is 0. The molecule has 0 bridgehead atoms. The lowest BCUT2D eigenvalue weighted by atomic mass is 9.96. The Bertz CT molecular complexity index is 1050.